The fraction of sp³-hybridized carbons (Fsp3) is 0.308. The molecular weight excluding hydrogens is 330 g/mol. The summed E-state index contributed by atoms with van der Waals surface area (Å²) < 4.78 is 27.3. The maximum Gasteiger partial charge on any atom is 0.260 e. The molecule has 0 fully saturated rings. The number of aromatic amines is 1. The Morgan fingerprint density at radius 1 is 1.52 bits per heavy atom. The Hall–Kier alpha value is -1.15. The van der Waals surface area contributed by atoms with Crippen LogP contribution in [-0.4, -0.2) is 29.2 Å². The second-order valence-corrected chi connectivity index (χ2v) is 8.05. The normalized spacial score (nSPS) is 12.0. The van der Waals surface area contributed by atoms with Gasteiger partial charge in [0.15, 0.2) is 5.03 Å². The lowest BCUT2D eigenvalue weighted by Gasteiger charge is -2.18. The minimum Gasteiger partial charge on any atom is -0.332 e. The zero-order valence-electron chi connectivity index (χ0n) is 11.5. The Labute approximate surface area is 133 Å². The number of sulfonamides is 1. The van der Waals surface area contributed by atoms with E-state index in [1.807, 2.05) is 13.0 Å². The molecule has 0 saturated heterocycles. The summed E-state index contributed by atoms with van der Waals surface area (Å²) in [7, 11) is -3.63. The molecule has 0 amide bonds. The van der Waals surface area contributed by atoms with E-state index in [0.717, 1.165) is 4.88 Å². The van der Waals surface area contributed by atoms with Crippen LogP contribution in [0.25, 0.3) is 0 Å². The zero-order chi connectivity index (χ0) is 15.5. The molecule has 0 unspecified atom stereocenters. The number of imidazole rings is 1. The molecule has 8 heteroatoms. The van der Waals surface area contributed by atoms with Gasteiger partial charge in [-0.05, 0) is 12.1 Å². The maximum atomic E-state index is 12.6. The highest BCUT2D eigenvalue weighted by atomic mass is 35.5. The summed E-state index contributed by atoms with van der Waals surface area (Å²) >= 11 is 7.25. The van der Waals surface area contributed by atoms with Crippen LogP contribution in [0.2, 0.25) is 4.34 Å². The largest absolute Gasteiger partial charge is 0.332 e. The van der Waals surface area contributed by atoms with Crippen LogP contribution in [0.1, 0.15) is 17.6 Å². The standard InChI is InChI=1S/C13H16ClN3O2S2/c1-3-7-17(9-10-5-6-11(14)20-10)21(18,19)13-8-15-12(4-2)16-13/h3,5-6,8H,1,4,7,9H2,2H3,(H,15,16). The second kappa shape index (κ2) is 6.74. The van der Waals surface area contributed by atoms with Crippen LogP contribution in [-0.2, 0) is 23.0 Å². The van der Waals surface area contributed by atoms with E-state index in [9.17, 15) is 8.42 Å². The quantitative estimate of drug-likeness (QED) is 0.784. The van der Waals surface area contributed by atoms with E-state index >= 15 is 0 Å². The molecule has 114 valence electrons. The molecule has 0 aliphatic carbocycles. The minimum absolute atomic E-state index is 0.101. The number of nitrogens with one attached hydrogen (secondary N) is 1. The first-order valence-corrected chi connectivity index (χ1v) is 9.00. The zero-order valence-corrected chi connectivity index (χ0v) is 13.9. The predicted molar refractivity (Wildman–Crippen MR) is 85.1 cm³/mol. The first-order chi connectivity index (χ1) is 9.97. The van der Waals surface area contributed by atoms with Gasteiger partial charge in [0.2, 0.25) is 0 Å². The third-order valence-corrected chi connectivity index (χ3v) is 5.79. The average Bonchev–Trinajstić information content (AvgIpc) is 3.07. The third kappa shape index (κ3) is 3.74. The van der Waals surface area contributed by atoms with Gasteiger partial charge in [-0.3, -0.25) is 0 Å². The van der Waals surface area contributed by atoms with Gasteiger partial charge >= 0.3 is 0 Å². The van der Waals surface area contributed by atoms with Crippen molar-refractivity contribution in [3.63, 3.8) is 0 Å². The van der Waals surface area contributed by atoms with Crippen molar-refractivity contribution in [2.24, 2.45) is 0 Å². The minimum atomic E-state index is -3.63. The van der Waals surface area contributed by atoms with Gasteiger partial charge in [-0.25, -0.2) is 13.4 Å². The Bertz CT molecular complexity index is 721. The van der Waals surface area contributed by atoms with Gasteiger partial charge in [0.25, 0.3) is 10.0 Å². The highest BCUT2D eigenvalue weighted by Crippen LogP contribution is 2.25. The van der Waals surface area contributed by atoms with Crippen LogP contribution in [0.5, 0.6) is 0 Å². The summed E-state index contributed by atoms with van der Waals surface area (Å²) in [6.07, 6.45) is 3.56. The van der Waals surface area contributed by atoms with Crippen molar-refractivity contribution in [3.05, 3.63) is 46.0 Å². The lowest BCUT2D eigenvalue weighted by atomic mass is 10.4. The topological polar surface area (TPSA) is 66.1 Å². The van der Waals surface area contributed by atoms with Crippen molar-refractivity contribution in [1.29, 1.82) is 0 Å². The van der Waals surface area contributed by atoms with Gasteiger partial charge in [-0.15, -0.1) is 17.9 Å². The van der Waals surface area contributed by atoms with Crippen LogP contribution < -0.4 is 0 Å². The Morgan fingerprint density at radius 3 is 2.81 bits per heavy atom. The lowest BCUT2D eigenvalue weighted by molar-refractivity contribution is 0.439. The second-order valence-electron chi connectivity index (χ2n) is 4.34. The number of rotatable bonds is 7. The smallest absolute Gasteiger partial charge is 0.260 e. The van der Waals surface area contributed by atoms with Gasteiger partial charge in [0, 0.05) is 24.4 Å². The Kier molecular flexibility index (Phi) is 5.21. The summed E-state index contributed by atoms with van der Waals surface area (Å²) in [5, 5.41) is 0.101. The number of hydrogen-bond donors (Lipinski definition) is 1. The first-order valence-electron chi connectivity index (χ1n) is 6.36. The highest BCUT2D eigenvalue weighted by Gasteiger charge is 2.26. The summed E-state index contributed by atoms with van der Waals surface area (Å²) in [5.41, 5.74) is 0. The lowest BCUT2D eigenvalue weighted by Crippen LogP contribution is -2.30. The van der Waals surface area contributed by atoms with Gasteiger partial charge in [0.05, 0.1) is 10.5 Å². The van der Waals surface area contributed by atoms with Gasteiger partial charge in [-0.2, -0.15) is 4.31 Å². The van der Waals surface area contributed by atoms with E-state index in [2.05, 4.69) is 16.5 Å². The fourth-order valence-corrected chi connectivity index (χ4v) is 4.30. The van der Waals surface area contributed by atoms with Crippen LogP contribution in [0.15, 0.2) is 36.0 Å². The number of aryl methyl sites for hydroxylation is 1. The molecule has 2 heterocycles. The summed E-state index contributed by atoms with van der Waals surface area (Å²) in [6.45, 7) is 6.01. The molecule has 2 rings (SSSR count). The number of nitrogens with zero attached hydrogens (tertiary/aromatic N) is 2. The van der Waals surface area contributed by atoms with E-state index in [-0.39, 0.29) is 18.1 Å². The van der Waals surface area contributed by atoms with Gasteiger partial charge in [0.1, 0.15) is 5.82 Å². The number of thiophene rings is 1. The van der Waals surface area contributed by atoms with Crippen molar-refractivity contribution in [2.75, 3.05) is 6.54 Å². The van der Waals surface area contributed by atoms with Crippen molar-refractivity contribution < 1.29 is 8.42 Å². The molecule has 0 radical (unpaired) electrons. The van der Waals surface area contributed by atoms with E-state index in [0.29, 0.717) is 16.6 Å². The van der Waals surface area contributed by atoms with E-state index in [4.69, 9.17) is 11.6 Å². The average molecular weight is 346 g/mol. The Morgan fingerprint density at radius 2 is 2.29 bits per heavy atom. The van der Waals surface area contributed by atoms with Crippen molar-refractivity contribution in [2.45, 2.75) is 24.9 Å². The molecule has 0 saturated carbocycles. The molecule has 2 aromatic rings. The maximum absolute atomic E-state index is 12.6. The number of aromatic nitrogens is 2. The molecule has 1 N–H and O–H groups in total. The monoisotopic (exact) mass is 345 g/mol. The molecule has 0 bridgehead atoms. The number of halogens is 1. The van der Waals surface area contributed by atoms with Crippen molar-refractivity contribution >= 4 is 33.0 Å². The van der Waals surface area contributed by atoms with Gasteiger partial charge in [-0.1, -0.05) is 24.6 Å². The van der Waals surface area contributed by atoms with Crippen molar-refractivity contribution in [3.8, 4) is 0 Å². The van der Waals surface area contributed by atoms with Crippen LogP contribution >= 0.6 is 22.9 Å². The SMILES string of the molecule is C=CCN(Cc1ccc(Cl)s1)S(=O)(=O)c1cnc(CC)[nH]1. The fourth-order valence-electron chi connectivity index (χ4n) is 1.80. The van der Waals surface area contributed by atoms with Gasteiger partial charge < -0.3 is 4.98 Å². The molecule has 0 aliphatic rings. The number of hydrogen-bond acceptors (Lipinski definition) is 4. The first kappa shape index (κ1) is 16.2. The molecule has 5 nitrogen and oxygen atoms in total. The highest BCUT2D eigenvalue weighted by molar-refractivity contribution is 7.89. The molecule has 0 atom stereocenters. The molecular formula is C13H16ClN3O2S2. The molecule has 2 aromatic heterocycles. The predicted octanol–water partition coefficient (Wildman–Crippen LogP) is 3.06. The van der Waals surface area contributed by atoms with Crippen LogP contribution in [0.4, 0.5) is 0 Å². The summed E-state index contributed by atoms with van der Waals surface area (Å²) in [6, 6.07) is 3.58. The summed E-state index contributed by atoms with van der Waals surface area (Å²) in [4.78, 5) is 7.76. The van der Waals surface area contributed by atoms with Crippen molar-refractivity contribution in [1.82, 2.24) is 14.3 Å². The molecule has 0 aliphatic heterocycles. The summed E-state index contributed by atoms with van der Waals surface area (Å²) in [5.74, 6) is 0.645. The third-order valence-electron chi connectivity index (χ3n) is 2.85. The van der Waals surface area contributed by atoms with Crippen LogP contribution in [0, 0.1) is 0 Å². The van der Waals surface area contributed by atoms with E-state index in [1.165, 1.54) is 21.8 Å². The van der Waals surface area contributed by atoms with E-state index in [1.54, 1.807) is 12.1 Å². The van der Waals surface area contributed by atoms with E-state index < -0.39 is 10.0 Å². The molecule has 21 heavy (non-hydrogen) atoms. The Balaban J connectivity index is 2.29. The molecule has 0 aromatic carbocycles. The molecule has 0 spiro atoms. The number of H-pyrrole nitrogens is 1. The van der Waals surface area contributed by atoms with Crippen LogP contribution in [0.3, 0.4) is 0 Å².